The van der Waals surface area contributed by atoms with Crippen molar-refractivity contribution in [2.75, 3.05) is 12.0 Å². The molecule has 0 spiro atoms. The zero-order valence-electron chi connectivity index (χ0n) is 18.3. The van der Waals surface area contributed by atoms with E-state index in [1.165, 1.54) is 11.6 Å². The Labute approximate surface area is 187 Å². The molecule has 2 aromatic carbocycles. The predicted molar refractivity (Wildman–Crippen MR) is 126 cm³/mol. The number of hydrogen-bond acceptors (Lipinski definition) is 6. The van der Waals surface area contributed by atoms with Crippen molar-refractivity contribution in [1.82, 2.24) is 0 Å². The van der Waals surface area contributed by atoms with Crippen LogP contribution in [0, 0.1) is 27.7 Å². The van der Waals surface area contributed by atoms with Crippen molar-refractivity contribution in [2.24, 2.45) is 0 Å². The molecule has 1 heterocycles. The van der Waals surface area contributed by atoms with Gasteiger partial charge in [-0.15, -0.1) is 11.8 Å². The van der Waals surface area contributed by atoms with E-state index in [2.05, 4.69) is 0 Å². The average molecular weight is 459 g/mol. The van der Waals surface area contributed by atoms with Crippen LogP contribution in [0.1, 0.15) is 28.0 Å². The highest BCUT2D eigenvalue weighted by molar-refractivity contribution is 7.99. The molecule has 0 amide bonds. The summed E-state index contributed by atoms with van der Waals surface area (Å²) in [6, 6.07) is 13.6. The van der Waals surface area contributed by atoms with Crippen LogP contribution in [0.3, 0.4) is 0 Å². The third kappa shape index (κ3) is 6.02. The second-order valence-electron chi connectivity index (χ2n) is 7.71. The molecule has 0 bridgehead atoms. The monoisotopic (exact) mass is 458 g/mol. The molecule has 3 aromatic rings. The summed E-state index contributed by atoms with van der Waals surface area (Å²) in [4.78, 5) is 14.1. The highest BCUT2D eigenvalue weighted by Gasteiger charge is 2.22. The fourth-order valence-corrected chi connectivity index (χ4v) is 4.90. The molecule has 5 nitrogen and oxygen atoms in total. The number of aryl methyl sites for hydroxylation is 5. The Morgan fingerprint density at radius 3 is 2.10 bits per heavy atom. The summed E-state index contributed by atoms with van der Waals surface area (Å²) in [5.41, 5.74) is 4.12. The Morgan fingerprint density at radius 2 is 1.52 bits per heavy atom. The molecule has 0 aliphatic heterocycles. The number of thioether (sulfide) groups is 1. The van der Waals surface area contributed by atoms with Crippen molar-refractivity contribution in [3.8, 4) is 16.9 Å². The van der Waals surface area contributed by atoms with Crippen LogP contribution < -0.4 is 9.81 Å². The maximum atomic E-state index is 13.0. The van der Waals surface area contributed by atoms with Gasteiger partial charge in [-0.1, -0.05) is 35.4 Å². The zero-order valence-corrected chi connectivity index (χ0v) is 19.9. The van der Waals surface area contributed by atoms with Crippen LogP contribution in [0.5, 0.6) is 5.75 Å². The molecule has 3 rings (SSSR count). The van der Waals surface area contributed by atoms with E-state index in [0.29, 0.717) is 23.5 Å². The smallest absolute Gasteiger partial charge is 0.347 e. The number of rotatable bonds is 7. The SMILES string of the molecule is Cc1ccc(SCCc2cc(OS(C)(=O)=O)c(-c3c(C)cc(C)cc3C)c(=O)o2)cc1. The standard InChI is InChI=1S/C24H26O5S2/c1-15-6-8-20(9-7-15)30-11-10-19-14-21(29-31(5,26)27)23(24(25)28-19)22-17(3)12-16(2)13-18(22)4/h6-9,12-14H,10-11H2,1-5H3. The van der Waals surface area contributed by atoms with Crippen LogP contribution in [0.2, 0.25) is 0 Å². The van der Waals surface area contributed by atoms with Crippen molar-refractivity contribution < 1.29 is 17.0 Å². The molecule has 0 atom stereocenters. The summed E-state index contributed by atoms with van der Waals surface area (Å²) in [5.74, 6) is 1.06. The van der Waals surface area contributed by atoms with Crippen LogP contribution in [0.15, 0.2) is 56.6 Å². The van der Waals surface area contributed by atoms with E-state index < -0.39 is 15.7 Å². The van der Waals surface area contributed by atoms with Gasteiger partial charge >= 0.3 is 15.7 Å². The topological polar surface area (TPSA) is 73.6 Å². The third-order valence-electron chi connectivity index (χ3n) is 4.77. The second kappa shape index (κ2) is 9.32. The molecule has 0 radical (unpaired) electrons. The number of hydrogen-bond donors (Lipinski definition) is 0. The summed E-state index contributed by atoms with van der Waals surface area (Å²) in [5, 5.41) is 0. The van der Waals surface area contributed by atoms with E-state index in [1.807, 2.05) is 64.1 Å². The lowest BCUT2D eigenvalue weighted by molar-refractivity contribution is 0.448. The molecule has 0 saturated carbocycles. The Hall–Kier alpha value is -2.51. The first-order valence-electron chi connectivity index (χ1n) is 9.87. The average Bonchev–Trinajstić information content (AvgIpc) is 2.63. The highest BCUT2D eigenvalue weighted by atomic mass is 32.2. The van der Waals surface area contributed by atoms with Crippen molar-refractivity contribution in [3.05, 3.63) is 80.9 Å². The second-order valence-corrected chi connectivity index (χ2v) is 10.5. The highest BCUT2D eigenvalue weighted by Crippen LogP contribution is 2.34. The molecular formula is C24H26O5S2. The van der Waals surface area contributed by atoms with Gasteiger partial charge in [0.1, 0.15) is 11.3 Å². The Kier molecular flexibility index (Phi) is 6.96. The summed E-state index contributed by atoms with van der Waals surface area (Å²) >= 11 is 1.63. The van der Waals surface area contributed by atoms with E-state index in [4.69, 9.17) is 8.60 Å². The fourth-order valence-electron chi connectivity index (χ4n) is 3.57. The largest absolute Gasteiger partial charge is 0.427 e. The first-order valence-corrected chi connectivity index (χ1v) is 12.7. The Balaban J connectivity index is 1.97. The van der Waals surface area contributed by atoms with Gasteiger partial charge in [-0.3, -0.25) is 0 Å². The van der Waals surface area contributed by atoms with E-state index in [1.54, 1.807) is 11.8 Å². The lowest BCUT2D eigenvalue weighted by Gasteiger charge is -2.15. The van der Waals surface area contributed by atoms with Gasteiger partial charge in [0.15, 0.2) is 5.75 Å². The van der Waals surface area contributed by atoms with Gasteiger partial charge < -0.3 is 8.60 Å². The van der Waals surface area contributed by atoms with Gasteiger partial charge in [-0.25, -0.2) is 4.79 Å². The van der Waals surface area contributed by atoms with Crippen LogP contribution in [0.25, 0.3) is 11.1 Å². The Morgan fingerprint density at radius 1 is 0.903 bits per heavy atom. The van der Waals surface area contributed by atoms with Crippen molar-refractivity contribution >= 4 is 21.9 Å². The van der Waals surface area contributed by atoms with E-state index in [9.17, 15) is 13.2 Å². The molecule has 0 aliphatic carbocycles. The molecule has 1 aromatic heterocycles. The first-order chi connectivity index (χ1) is 14.5. The minimum atomic E-state index is -3.83. The van der Waals surface area contributed by atoms with Gasteiger partial charge in [0.05, 0.1) is 6.26 Å². The molecule has 7 heteroatoms. The minimum absolute atomic E-state index is 0.00383. The van der Waals surface area contributed by atoms with Gasteiger partial charge in [0, 0.05) is 23.1 Å². The molecule has 0 fully saturated rings. The van der Waals surface area contributed by atoms with Gasteiger partial charge in [0.2, 0.25) is 0 Å². The third-order valence-corrected chi connectivity index (χ3v) is 6.27. The van der Waals surface area contributed by atoms with Crippen LogP contribution in [0.4, 0.5) is 0 Å². The van der Waals surface area contributed by atoms with Crippen molar-refractivity contribution in [1.29, 1.82) is 0 Å². The quantitative estimate of drug-likeness (QED) is 0.357. The molecule has 0 unspecified atom stereocenters. The van der Waals surface area contributed by atoms with Gasteiger partial charge in [0.25, 0.3) is 0 Å². The van der Waals surface area contributed by atoms with Crippen LogP contribution in [-0.4, -0.2) is 20.4 Å². The molecule has 0 saturated heterocycles. The maximum absolute atomic E-state index is 13.0. The summed E-state index contributed by atoms with van der Waals surface area (Å²) in [6.07, 6.45) is 1.42. The van der Waals surface area contributed by atoms with Crippen LogP contribution in [-0.2, 0) is 16.5 Å². The van der Waals surface area contributed by atoms with Crippen LogP contribution >= 0.6 is 11.8 Å². The summed E-state index contributed by atoms with van der Waals surface area (Å²) < 4.78 is 34.6. The Bertz CT molecular complexity index is 1230. The molecule has 0 N–H and O–H groups in total. The van der Waals surface area contributed by atoms with E-state index >= 15 is 0 Å². The zero-order chi connectivity index (χ0) is 22.8. The number of benzene rings is 2. The first kappa shape index (κ1) is 23.2. The van der Waals surface area contributed by atoms with E-state index in [0.717, 1.165) is 27.8 Å². The van der Waals surface area contributed by atoms with Crippen molar-refractivity contribution in [3.63, 3.8) is 0 Å². The molecule has 0 aliphatic rings. The predicted octanol–water partition coefficient (Wildman–Crippen LogP) is 5.21. The molecule has 164 valence electrons. The van der Waals surface area contributed by atoms with Gasteiger partial charge in [-0.05, 0) is 56.5 Å². The molecular weight excluding hydrogens is 432 g/mol. The molecule has 31 heavy (non-hydrogen) atoms. The van der Waals surface area contributed by atoms with E-state index in [-0.39, 0.29) is 11.3 Å². The fraction of sp³-hybridized carbons (Fsp3) is 0.292. The summed E-state index contributed by atoms with van der Waals surface area (Å²) in [6.45, 7) is 7.76. The minimum Gasteiger partial charge on any atom is -0.427 e. The van der Waals surface area contributed by atoms with Gasteiger partial charge in [-0.2, -0.15) is 8.42 Å². The van der Waals surface area contributed by atoms with Crippen molar-refractivity contribution in [2.45, 2.75) is 39.0 Å². The lowest BCUT2D eigenvalue weighted by Crippen LogP contribution is -2.14. The normalized spacial score (nSPS) is 11.5. The maximum Gasteiger partial charge on any atom is 0.347 e. The summed E-state index contributed by atoms with van der Waals surface area (Å²) in [7, 11) is -3.83. The lowest BCUT2D eigenvalue weighted by atomic mass is 9.94.